The van der Waals surface area contributed by atoms with E-state index < -0.39 is 107 Å². The molecule has 2 aromatic carbocycles. The Hall–Kier alpha value is -6.37. The van der Waals surface area contributed by atoms with Gasteiger partial charge >= 0.3 is 12.1 Å². The van der Waals surface area contributed by atoms with Gasteiger partial charge in [-0.25, -0.2) is 9.78 Å². The molecule has 18 nitrogen and oxygen atoms in total. The second-order valence-corrected chi connectivity index (χ2v) is 19.9. The zero-order valence-corrected chi connectivity index (χ0v) is 40.9. The van der Waals surface area contributed by atoms with Crippen molar-refractivity contribution in [3.8, 4) is 0 Å². The molecule has 364 valence electrons. The van der Waals surface area contributed by atoms with Crippen LogP contribution in [0.15, 0.2) is 77.2 Å². The quantitative estimate of drug-likeness (QED) is 0.101. The summed E-state index contributed by atoms with van der Waals surface area (Å²) in [5.41, 5.74) is -0.0926. The lowest BCUT2D eigenvalue weighted by molar-refractivity contribution is -0.141. The number of amides is 6. The number of ether oxygens (including phenoxy) is 2. The molecular weight excluding hydrogens is 879 g/mol. The van der Waals surface area contributed by atoms with Crippen LogP contribution in [0, 0.1) is 16.7 Å². The van der Waals surface area contributed by atoms with Gasteiger partial charge in [-0.2, -0.15) is 0 Å². The maximum atomic E-state index is 14.9. The highest BCUT2D eigenvalue weighted by Crippen LogP contribution is 2.27. The number of carbonyl (C=O) groups is 7. The van der Waals surface area contributed by atoms with Crippen molar-refractivity contribution in [2.75, 3.05) is 20.2 Å². The molecule has 1 unspecified atom stereocenters. The molecule has 7 atom stereocenters. The molecule has 1 aliphatic heterocycles. The minimum absolute atomic E-state index is 0.0374. The predicted molar refractivity (Wildman–Crippen MR) is 254 cm³/mol. The molecule has 0 aliphatic carbocycles. The predicted octanol–water partition coefficient (Wildman–Crippen LogP) is 4.04. The fraction of sp³-hybridized carbons (Fsp3) is 0.521. The van der Waals surface area contributed by atoms with Crippen molar-refractivity contribution in [2.45, 2.75) is 124 Å². The average Bonchev–Trinajstić information content (AvgIpc) is 3.82. The molecule has 0 bridgehead atoms. The Labute approximate surface area is 397 Å². The average molecular weight is 946 g/mol. The number of aromatic nitrogens is 1. The van der Waals surface area contributed by atoms with Crippen LogP contribution in [0.4, 0.5) is 4.79 Å². The van der Waals surface area contributed by atoms with Crippen LogP contribution >= 0.6 is 11.3 Å². The number of thiazole rings is 1. The number of nitrogens with zero attached hydrogens (tertiary/aromatic N) is 2. The van der Waals surface area contributed by atoms with E-state index in [0.717, 1.165) is 11.1 Å². The van der Waals surface area contributed by atoms with Crippen molar-refractivity contribution in [1.29, 1.82) is 0 Å². The highest BCUT2D eigenvalue weighted by Gasteiger charge is 2.41. The molecule has 1 aliphatic rings. The summed E-state index contributed by atoms with van der Waals surface area (Å²) in [5, 5.41) is 22.6. The Morgan fingerprint density at radius 3 is 2.09 bits per heavy atom. The second-order valence-electron chi connectivity index (χ2n) is 19.0. The lowest BCUT2D eigenvalue weighted by Crippen LogP contribution is -2.65. The Kier molecular flexibility index (Phi) is 19.4. The first-order valence-electron chi connectivity index (χ1n) is 22.4. The zero-order chi connectivity index (χ0) is 49.5. The fourth-order valence-corrected chi connectivity index (χ4v) is 7.93. The Bertz CT molecular complexity index is 2170. The molecular formula is C48H67N9O9S. The summed E-state index contributed by atoms with van der Waals surface area (Å²) in [6.07, 6.45) is 0.612. The molecule has 4 rings (SSSR count). The first-order valence-corrected chi connectivity index (χ1v) is 23.2. The number of nitrogens with one attached hydrogen (secondary N) is 7. The maximum Gasteiger partial charge on any atom is 0.407 e. The van der Waals surface area contributed by atoms with Crippen molar-refractivity contribution in [3.05, 3.63) is 88.4 Å². The van der Waals surface area contributed by atoms with Gasteiger partial charge in [0.25, 0.3) is 0 Å². The molecule has 19 heteroatoms. The van der Waals surface area contributed by atoms with Gasteiger partial charge in [0.15, 0.2) is 0 Å². The third-order valence-corrected chi connectivity index (χ3v) is 12.0. The number of methoxy groups -OCH3 is 1. The van der Waals surface area contributed by atoms with E-state index in [1.807, 2.05) is 109 Å². The van der Waals surface area contributed by atoms with E-state index in [0.29, 0.717) is 5.01 Å². The van der Waals surface area contributed by atoms with Gasteiger partial charge in [-0.3, -0.25) is 33.8 Å². The topological polar surface area (TPSA) is 247 Å². The smallest absolute Gasteiger partial charge is 0.407 e. The number of amidine groups is 1. The van der Waals surface area contributed by atoms with Crippen molar-refractivity contribution >= 4 is 58.8 Å². The molecule has 0 spiro atoms. The Balaban J connectivity index is 1.66. The third kappa shape index (κ3) is 16.2. The number of rotatable bonds is 16. The van der Waals surface area contributed by atoms with E-state index in [1.165, 1.54) is 18.4 Å². The van der Waals surface area contributed by atoms with Gasteiger partial charge in [0, 0.05) is 24.0 Å². The monoisotopic (exact) mass is 945 g/mol. The number of esters is 1. The summed E-state index contributed by atoms with van der Waals surface area (Å²) in [5.74, 6) is -4.40. The molecule has 3 aromatic rings. The molecule has 0 saturated heterocycles. The number of alkyl carbamates (subject to hydrolysis) is 1. The fourth-order valence-electron chi connectivity index (χ4n) is 7.24. The van der Waals surface area contributed by atoms with Crippen LogP contribution in [0.25, 0.3) is 0 Å². The zero-order valence-electron chi connectivity index (χ0n) is 40.1. The number of carbonyl (C=O) groups excluding carboxylic acids is 7. The number of benzene rings is 2. The van der Waals surface area contributed by atoms with Gasteiger partial charge in [0.05, 0.1) is 25.6 Å². The van der Waals surface area contributed by atoms with E-state index in [1.54, 1.807) is 25.4 Å². The lowest BCUT2D eigenvalue weighted by Gasteiger charge is -2.39. The second kappa shape index (κ2) is 24.4. The van der Waals surface area contributed by atoms with Crippen molar-refractivity contribution < 1.29 is 43.0 Å². The van der Waals surface area contributed by atoms with Gasteiger partial charge < -0.3 is 46.7 Å². The van der Waals surface area contributed by atoms with Gasteiger partial charge in [-0.05, 0) is 34.3 Å². The SMILES string of the molecule is COC(=O)C[C@@H](NC(=O)C(NC(=O)[C@@H](NC1=NCC(=O)N[C@@H](CCNC(=O)OCc2ccccc2)C(=O)N[C@@H](C(C)C)C(=O)N[C@H]1C(C)(C)C)C(C)(C)C)[C@@H](C)c1ccccc1)c1nccs1. The van der Waals surface area contributed by atoms with E-state index >= 15 is 0 Å². The molecule has 6 amide bonds. The van der Waals surface area contributed by atoms with Crippen LogP contribution in [0.3, 0.4) is 0 Å². The summed E-state index contributed by atoms with van der Waals surface area (Å²) in [6, 6.07) is 12.0. The van der Waals surface area contributed by atoms with Crippen molar-refractivity contribution in [3.63, 3.8) is 0 Å². The van der Waals surface area contributed by atoms with Crippen LogP contribution in [-0.2, 0) is 44.8 Å². The molecule has 0 radical (unpaired) electrons. The van der Waals surface area contributed by atoms with Crippen molar-refractivity contribution in [1.82, 2.24) is 42.2 Å². The van der Waals surface area contributed by atoms with Crippen molar-refractivity contribution in [2.24, 2.45) is 21.7 Å². The lowest BCUT2D eigenvalue weighted by atomic mass is 9.82. The van der Waals surface area contributed by atoms with Gasteiger partial charge in [-0.1, -0.05) is 123 Å². The number of hydrogen-bond acceptors (Lipinski definition) is 13. The van der Waals surface area contributed by atoms with E-state index in [2.05, 4.69) is 42.2 Å². The molecule has 0 saturated carbocycles. The van der Waals surface area contributed by atoms with Crippen LogP contribution in [0.2, 0.25) is 0 Å². The Morgan fingerprint density at radius 1 is 0.851 bits per heavy atom. The molecule has 67 heavy (non-hydrogen) atoms. The van der Waals surface area contributed by atoms with E-state index in [9.17, 15) is 33.6 Å². The minimum atomic E-state index is -1.17. The molecule has 0 fully saturated rings. The van der Waals surface area contributed by atoms with Gasteiger partial charge in [0.1, 0.15) is 48.2 Å². The summed E-state index contributed by atoms with van der Waals surface area (Å²) in [7, 11) is 1.25. The summed E-state index contributed by atoms with van der Waals surface area (Å²) in [4.78, 5) is 105. The maximum absolute atomic E-state index is 14.9. The molecule has 2 heterocycles. The third-order valence-electron chi connectivity index (χ3n) is 11.1. The minimum Gasteiger partial charge on any atom is -0.469 e. The van der Waals surface area contributed by atoms with Crippen LogP contribution in [0.1, 0.15) is 103 Å². The van der Waals surface area contributed by atoms with E-state index in [-0.39, 0.29) is 31.8 Å². The van der Waals surface area contributed by atoms with Crippen LogP contribution < -0.4 is 37.2 Å². The Morgan fingerprint density at radius 2 is 1.51 bits per heavy atom. The number of aliphatic imine (C=N–C) groups is 1. The summed E-state index contributed by atoms with van der Waals surface area (Å²) in [6.45, 7) is 15.9. The standard InChI is InChI=1S/C48H67N9O9S/c1-28(2)36-42(61)57-38(47(4,5)6)40(51-26-34(58)52-32(41(60)54-36)21-22-50-46(64)66-27-30-17-13-11-14-18-30)56-39(48(7,8)9)44(63)55-37(29(3)31-19-15-12-16-20-31)43(62)53-33(25-35(59)65-10)45-49-23-24-67-45/h11-20,23-24,28-29,32-33,36-39H,21-22,25-27H2,1-10H3,(H,50,64)(H,51,56)(H,52,58)(H,53,62)(H,54,60)(H,55,63)(H,57,61)/t29-,32-,33+,36-,37?,38+,39+/m0/s1. The van der Waals surface area contributed by atoms with Crippen LogP contribution in [-0.4, -0.2) is 103 Å². The summed E-state index contributed by atoms with van der Waals surface area (Å²) < 4.78 is 10.2. The van der Waals surface area contributed by atoms with E-state index in [4.69, 9.17) is 14.5 Å². The first-order chi connectivity index (χ1) is 31.6. The normalized spacial score (nSPS) is 19.0. The first kappa shape index (κ1) is 53.2. The highest BCUT2D eigenvalue weighted by molar-refractivity contribution is 7.09. The van der Waals surface area contributed by atoms with Gasteiger partial charge in [-0.15, -0.1) is 11.3 Å². The number of hydrogen-bond donors (Lipinski definition) is 7. The van der Waals surface area contributed by atoms with Gasteiger partial charge in [0.2, 0.25) is 29.5 Å². The van der Waals surface area contributed by atoms with Crippen LogP contribution in [0.5, 0.6) is 0 Å². The summed E-state index contributed by atoms with van der Waals surface area (Å²) >= 11 is 1.26. The highest BCUT2D eigenvalue weighted by atomic mass is 32.1. The molecule has 1 aromatic heterocycles. The molecule has 7 N–H and O–H groups in total. The largest absolute Gasteiger partial charge is 0.469 e.